The number of amides is 1. The normalized spacial score (nSPS) is 12.3. The summed E-state index contributed by atoms with van der Waals surface area (Å²) in [6, 6.07) is 5.14. The summed E-state index contributed by atoms with van der Waals surface area (Å²) in [5.41, 5.74) is -0.812. The molecule has 2 aromatic rings. The molecule has 0 bridgehead atoms. The van der Waals surface area contributed by atoms with Crippen LogP contribution in [-0.4, -0.2) is 59.9 Å². The summed E-state index contributed by atoms with van der Waals surface area (Å²) >= 11 is 5.97. The van der Waals surface area contributed by atoms with Crippen LogP contribution in [0.5, 0.6) is 17.4 Å². The quantitative estimate of drug-likeness (QED) is 0.254. The lowest BCUT2D eigenvalue weighted by atomic mass is 10.1. The third kappa shape index (κ3) is 10.1. The Hall–Kier alpha value is -2.91. The Kier molecular flexibility index (Phi) is 11.8. The molecule has 1 heterocycles. The summed E-state index contributed by atoms with van der Waals surface area (Å²) in [5, 5.41) is -0.402. The highest BCUT2D eigenvalue weighted by Crippen LogP contribution is 2.37. The van der Waals surface area contributed by atoms with E-state index in [1.165, 1.54) is 39.4 Å². The Labute approximate surface area is 223 Å². The Bertz CT molecular complexity index is 1240. The van der Waals surface area contributed by atoms with Crippen LogP contribution >= 0.6 is 11.6 Å². The van der Waals surface area contributed by atoms with Gasteiger partial charge in [-0.3, -0.25) is 4.79 Å². The van der Waals surface area contributed by atoms with Gasteiger partial charge < -0.3 is 18.9 Å². The highest BCUT2D eigenvalue weighted by atomic mass is 35.5. The minimum atomic E-state index is -4.65. The fourth-order valence-corrected chi connectivity index (χ4v) is 3.87. The molecule has 0 aliphatic carbocycles. The average Bonchev–Trinajstić information content (AvgIpc) is 2.83. The van der Waals surface area contributed by atoms with Crippen LogP contribution in [0.4, 0.5) is 13.2 Å². The van der Waals surface area contributed by atoms with Crippen LogP contribution in [0.25, 0.3) is 6.08 Å². The number of ether oxygens (including phenoxy) is 4. The van der Waals surface area contributed by atoms with Crippen LogP contribution < -0.4 is 18.9 Å². The van der Waals surface area contributed by atoms with Crippen molar-refractivity contribution in [3.63, 3.8) is 0 Å². The predicted octanol–water partition coefficient (Wildman–Crippen LogP) is 3.96. The molecule has 0 fully saturated rings. The van der Waals surface area contributed by atoms with Gasteiger partial charge in [-0.2, -0.15) is 26.3 Å². The van der Waals surface area contributed by atoms with Gasteiger partial charge in [-0.25, -0.2) is 9.71 Å². The van der Waals surface area contributed by atoms with Gasteiger partial charge in [-0.15, -0.1) is 0 Å². The van der Waals surface area contributed by atoms with E-state index in [-0.39, 0.29) is 42.5 Å². The number of pyridine rings is 1. The van der Waals surface area contributed by atoms with E-state index in [4.69, 9.17) is 30.5 Å². The van der Waals surface area contributed by atoms with E-state index in [2.05, 4.69) is 9.71 Å². The molecule has 0 unspecified atom stereocenters. The van der Waals surface area contributed by atoms with E-state index in [9.17, 15) is 26.4 Å². The molecule has 15 heteroatoms. The van der Waals surface area contributed by atoms with Crippen LogP contribution in [0.15, 0.2) is 36.0 Å². The van der Waals surface area contributed by atoms with Gasteiger partial charge in [0.2, 0.25) is 5.88 Å². The number of hydrogen-bond donors (Lipinski definition) is 2. The van der Waals surface area contributed by atoms with Crippen LogP contribution in [0, 0.1) is 0 Å². The standard InChI is InChI=1S/C23H27ClF3N3O7S/c1-15(21(31)30-38(32,33)29-7-4-8-34-2)11-16-5-6-18(36-10-9-35-3)13-20(16)37-22-19(24)12-17(14-28-22)23(25,26)27/h5-6,11-14,29H,4,7-10H2,1-3H3,(H,30,31). The summed E-state index contributed by atoms with van der Waals surface area (Å²) < 4.78 is 88.2. The number of alkyl halides is 3. The molecule has 0 spiro atoms. The van der Waals surface area contributed by atoms with Crippen molar-refractivity contribution in [1.82, 2.24) is 14.4 Å². The molecule has 1 amide bonds. The topological polar surface area (TPSA) is 125 Å². The number of carbonyl (C=O) groups is 1. The van der Waals surface area contributed by atoms with Gasteiger partial charge in [0, 0.05) is 50.8 Å². The Morgan fingerprint density at radius 1 is 1.13 bits per heavy atom. The molecule has 2 N–H and O–H groups in total. The van der Waals surface area contributed by atoms with Crippen LogP contribution in [-0.2, 0) is 30.7 Å². The van der Waals surface area contributed by atoms with Gasteiger partial charge in [0.25, 0.3) is 5.91 Å². The molecule has 210 valence electrons. The van der Waals surface area contributed by atoms with Gasteiger partial charge in [-0.1, -0.05) is 11.6 Å². The number of aromatic nitrogens is 1. The molecular weight excluding hydrogens is 555 g/mol. The molecule has 0 aliphatic heterocycles. The van der Waals surface area contributed by atoms with Crippen LogP contribution in [0.3, 0.4) is 0 Å². The van der Waals surface area contributed by atoms with Crippen molar-refractivity contribution in [2.45, 2.75) is 19.5 Å². The molecule has 0 atom stereocenters. The number of nitrogens with one attached hydrogen (secondary N) is 2. The molecular formula is C23H27ClF3N3O7S. The van der Waals surface area contributed by atoms with Crippen LogP contribution in [0.2, 0.25) is 5.02 Å². The zero-order chi connectivity index (χ0) is 28.3. The predicted molar refractivity (Wildman–Crippen MR) is 133 cm³/mol. The van der Waals surface area contributed by atoms with E-state index < -0.39 is 32.9 Å². The zero-order valence-corrected chi connectivity index (χ0v) is 22.3. The van der Waals surface area contributed by atoms with Crippen molar-refractivity contribution >= 4 is 33.8 Å². The molecule has 0 radical (unpaired) electrons. The third-order valence-electron chi connectivity index (χ3n) is 4.66. The van der Waals surface area contributed by atoms with E-state index in [0.717, 1.165) is 0 Å². The molecule has 10 nitrogen and oxygen atoms in total. The molecule has 1 aromatic carbocycles. The van der Waals surface area contributed by atoms with Gasteiger partial charge in [0.05, 0.1) is 12.2 Å². The van der Waals surface area contributed by atoms with Crippen molar-refractivity contribution < 1.29 is 45.3 Å². The highest BCUT2D eigenvalue weighted by Gasteiger charge is 2.32. The van der Waals surface area contributed by atoms with Crippen molar-refractivity contribution in [1.29, 1.82) is 0 Å². The fourth-order valence-electron chi connectivity index (χ4n) is 2.78. The van der Waals surface area contributed by atoms with Crippen LogP contribution in [0.1, 0.15) is 24.5 Å². The summed E-state index contributed by atoms with van der Waals surface area (Å²) in [6.45, 7) is 2.24. The van der Waals surface area contributed by atoms with Crippen molar-refractivity contribution in [3.05, 3.63) is 52.2 Å². The highest BCUT2D eigenvalue weighted by molar-refractivity contribution is 7.88. The Morgan fingerprint density at radius 2 is 1.84 bits per heavy atom. The van der Waals surface area contributed by atoms with Crippen molar-refractivity contribution in [2.24, 2.45) is 0 Å². The first-order chi connectivity index (χ1) is 17.9. The molecule has 0 saturated carbocycles. The second-order valence-electron chi connectivity index (χ2n) is 7.65. The smallest absolute Gasteiger partial charge is 0.417 e. The van der Waals surface area contributed by atoms with E-state index >= 15 is 0 Å². The van der Waals surface area contributed by atoms with E-state index in [0.29, 0.717) is 31.0 Å². The first kappa shape index (κ1) is 31.3. The summed E-state index contributed by atoms with van der Waals surface area (Å²) in [4.78, 5) is 16.2. The second-order valence-corrected chi connectivity index (χ2v) is 9.56. The summed E-state index contributed by atoms with van der Waals surface area (Å²) in [7, 11) is -1.16. The van der Waals surface area contributed by atoms with Crippen molar-refractivity contribution in [3.8, 4) is 17.4 Å². The zero-order valence-electron chi connectivity index (χ0n) is 20.7. The SMILES string of the molecule is COCCCNS(=O)(=O)NC(=O)C(C)=Cc1ccc(OCCOC)cc1Oc1ncc(C(F)(F)F)cc1Cl. The first-order valence-electron chi connectivity index (χ1n) is 11.0. The third-order valence-corrected chi connectivity index (χ3v) is 5.97. The van der Waals surface area contributed by atoms with E-state index in [1.807, 2.05) is 4.72 Å². The molecule has 2 rings (SSSR count). The molecule has 38 heavy (non-hydrogen) atoms. The molecule has 0 saturated heterocycles. The Balaban J connectivity index is 2.32. The number of hydrogen-bond acceptors (Lipinski definition) is 8. The first-order valence-corrected chi connectivity index (χ1v) is 12.9. The van der Waals surface area contributed by atoms with Gasteiger partial charge in [-0.05, 0) is 37.6 Å². The maximum Gasteiger partial charge on any atom is 0.417 e. The molecule has 1 aromatic heterocycles. The number of rotatable bonds is 14. The lowest BCUT2D eigenvalue weighted by Gasteiger charge is -2.14. The number of nitrogens with zero attached hydrogens (tertiary/aromatic N) is 1. The summed E-state index contributed by atoms with van der Waals surface area (Å²) in [5.74, 6) is -0.890. The van der Waals surface area contributed by atoms with E-state index in [1.54, 1.807) is 6.07 Å². The number of halogens is 4. The number of methoxy groups -OCH3 is 2. The fraction of sp³-hybridized carbons (Fsp3) is 0.391. The van der Waals surface area contributed by atoms with Gasteiger partial charge in [0.1, 0.15) is 23.1 Å². The largest absolute Gasteiger partial charge is 0.491 e. The van der Waals surface area contributed by atoms with Gasteiger partial charge >= 0.3 is 16.4 Å². The number of benzene rings is 1. The second kappa shape index (κ2) is 14.3. The van der Waals surface area contributed by atoms with Gasteiger partial charge in [0.15, 0.2) is 0 Å². The lowest BCUT2D eigenvalue weighted by molar-refractivity contribution is -0.137. The monoisotopic (exact) mass is 581 g/mol. The maximum atomic E-state index is 13.0. The maximum absolute atomic E-state index is 13.0. The lowest BCUT2D eigenvalue weighted by Crippen LogP contribution is -2.41. The Morgan fingerprint density at radius 3 is 2.47 bits per heavy atom. The summed E-state index contributed by atoms with van der Waals surface area (Å²) in [6.07, 6.45) is -2.36. The average molecular weight is 582 g/mol. The van der Waals surface area contributed by atoms with Crippen molar-refractivity contribution in [2.75, 3.05) is 40.6 Å². The minimum Gasteiger partial charge on any atom is -0.491 e. The minimum absolute atomic E-state index is 0.0170. The number of carbonyl (C=O) groups excluding carboxylic acids is 1. The molecule has 0 aliphatic rings.